The Morgan fingerprint density at radius 2 is 0.936 bits per heavy atom. The normalized spacial score (nSPS) is 12.7. The summed E-state index contributed by atoms with van der Waals surface area (Å²) in [5.74, 6) is -0.0480. The van der Waals surface area contributed by atoms with Gasteiger partial charge >= 0.3 is 0 Å². The van der Waals surface area contributed by atoms with E-state index in [1.807, 2.05) is 26.0 Å². The average Bonchev–Trinajstić information content (AvgIpc) is 3.49. The van der Waals surface area contributed by atoms with Gasteiger partial charge in [0.1, 0.15) is 5.83 Å². The van der Waals surface area contributed by atoms with Crippen LogP contribution in [-0.4, -0.2) is 4.57 Å². The van der Waals surface area contributed by atoms with Crippen LogP contribution in [0.1, 0.15) is 32.3 Å². The smallest absolute Gasteiger partial charge is 0.100 e. The number of para-hydroxylation sites is 3. The Bertz CT molecular complexity index is 2130. The maximum atomic E-state index is 13.5. The molecule has 0 radical (unpaired) electrons. The number of hydrogen-bond donors (Lipinski definition) is 0. The predicted molar refractivity (Wildman–Crippen MR) is 199 cm³/mol. The second kappa shape index (κ2) is 13.4. The van der Waals surface area contributed by atoms with Crippen LogP contribution in [0.4, 0.5) is 21.5 Å². The fourth-order valence-electron chi connectivity index (χ4n) is 6.51. The summed E-state index contributed by atoms with van der Waals surface area (Å²) in [5, 5.41) is 2.54. The number of allylic oxidation sites excluding steroid dienone is 4. The summed E-state index contributed by atoms with van der Waals surface area (Å²) in [6, 6.07) is 53.9. The van der Waals surface area contributed by atoms with Crippen molar-refractivity contribution in [1.82, 2.24) is 4.57 Å². The summed E-state index contributed by atoms with van der Waals surface area (Å²) in [7, 11) is 0. The van der Waals surface area contributed by atoms with Crippen LogP contribution >= 0.6 is 0 Å². The van der Waals surface area contributed by atoms with Gasteiger partial charge in [0.2, 0.25) is 0 Å². The van der Waals surface area contributed by atoms with E-state index < -0.39 is 0 Å². The summed E-state index contributed by atoms with van der Waals surface area (Å²) in [6.45, 7) is 4.00. The SMILES string of the molecule is CC.FC1=CC=C(c2ccc(N(c3ccccc3)c3ccc(-c4ccc(-n5c6ccccc6c6ccccc65)cc4)cc3)cc2)CC1. The van der Waals surface area contributed by atoms with E-state index in [4.69, 9.17) is 0 Å². The summed E-state index contributed by atoms with van der Waals surface area (Å²) in [5.41, 5.74) is 11.5. The van der Waals surface area contributed by atoms with E-state index in [0.717, 1.165) is 34.7 Å². The van der Waals surface area contributed by atoms with Crippen LogP contribution in [0.3, 0.4) is 0 Å². The molecule has 230 valence electrons. The van der Waals surface area contributed by atoms with Crippen molar-refractivity contribution in [2.24, 2.45) is 0 Å². The number of benzene rings is 6. The number of nitrogens with zero attached hydrogens (tertiary/aromatic N) is 2. The Kier molecular flexibility index (Phi) is 8.53. The van der Waals surface area contributed by atoms with Gasteiger partial charge in [-0.3, -0.25) is 0 Å². The molecule has 3 heteroatoms. The highest BCUT2D eigenvalue weighted by molar-refractivity contribution is 6.09. The van der Waals surface area contributed by atoms with Crippen molar-refractivity contribution in [1.29, 1.82) is 0 Å². The van der Waals surface area contributed by atoms with Crippen molar-refractivity contribution in [3.63, 3.8) is 0 Å². The van der Waals surface area contributed by atoms with E-state index >= 15 is 0 Å². The summed E-state index contributed by atoms with van der Waals surface area (Å²) >= 11 is 0. The van der Waals surface area contributed by atoms with Crippen molar-refractivity contribution >= 4 is 44.4 Å². The van der Waals surface area contributed by atoms with Crippen molar-refractivity contribution < 1.29 is 4.39 Å². The Morgan fingerprint density at radius 3 is 1.47 bits per heavy atom. The highest BCUT2D eigenvalue weighted by Crippen LogP contribution is 2.37. The first-order valence-electron chi connectivity index (χ1n) is 16.4. The first-order chi connectivity index (χ1) is 23.2. The standard InChI is InChI=1S/C42H31FN2.C2H6/c43-34-22-14-30(15-23-34)31-16-24-36(25-17-31)44(35-8-2-1-3-9-35)37-26-18-32(19-27-37)33-20-28-38(29-21-33)45-41-12-6-4-10-39(41)40-11-5-7-13-42(40)45;1-2/h1-14,16-22,24-29H,15,23H2;1-2H3. The second-order valence-electron chi connectivity index (χ2n) is 11.5. The number of anilines is 3. The van der Waals surface area contributed by atoms with Gasteiger partial charge in [-0.25, -0.2) is 4.39 Å². The van der Waals surface area contributed by atoms with E-state index in [1.54, 1.807) is 6.08 Å². The molecule has 0 saturated heterocycles. The van der Waals surface area contributed by atoms with Gasteiger partial charge in [-0.1, -0.05) is 111 Å². The van der Waals surface area contributed by atoms with Crippen LogP contribution in [0.25, 0.3) is 44.2 Å². The van der Waals surface area contributed by atoms with Gasteiger partial charge in [0.25, 0.3) is 0 Å². The molecule has 1 aliphatic carbocycles. The van der Waals surface area contributed by atoms with Crippen LogP contribution in [0.15, 0.2) is 170 Å². The molecule has 8 rings (SSSR count). The number of halogens is 1. The van der Waals surface area contributed by atoms with Crippen molar-refractivity contribution in [2.75, 3.05) is 4.90 Å². The Balaban J connectivity index is 0.00000172. The van der Waals surface area contributed by atoms with Gasteiger partial charge in [0.05, 0.1) is 11.0 Å². The average molecular weight is 613 g/mol. The summed E-state index contributed by atoms with van der Waals surface area (Å²) in [4.78, 5) is 2.27. The highest BCUT2D eigenvalue weighted by atomic mass is 19.1. The Hall–Kier alpha value is -5.67. The molecule has 0 amide bonds. The molecule has 7 aromatic rings. The molecule has 6 aromatic carbocycles. The minimum Gasteiger partial charge on any atom is -0.311 e. The van der Waals surface area contributed by atoms with Crippen LogP contribution in [0.2, 0.25) is 0 Å². The lowest BCUT2D eigenvalue weighted by Gasteiger charge is -2.26. The van der Waals surface area contributed by atoms with Gasteiger partial charge in [0.15, 0.2) is 0 Å². The molecule has 2 nitrogen and oxygen atoms in total. The molecule has 0 N–H and O–H groups in total. The molecule has 1 heterocycles. The molecular formula is C44H37FN2. The van der Waals surface area contributed by atoms with E-state index in [9.17, 15) is 4.39 Å². The van der Waals surface area contributed by atoms with Crippen LogP contribution in [0.5, 0.6) is 0 Å². The lowest BCUT2D eigenvalue weighted by molar-refractivity contribution is 0.590. The fourth-order valence-corrected chi connectivity index (χ4v) is 6.51. The number of aromatic nitrogens is 1. The molecule has 47 heavy (non-hydrogen) atoms. The van der Waals surface area contributed by atoms with Gasteiger partial charge in [-0.05, 0) is 95.4 Å². The molecule has 0 unspecified atom stereocenters. The maximum absolute atomic E-state index is 13.5. The largest absolute Gasteiger partial charge is 0.311 e. The molecule has 0 bridgehead atoms. The molecule has 0 spiro atoms. The number of rotatable bonds is 6. The van der Waals surface area contributed by atoms with E-state index in [2.05, 4.69) is 155 Å². The highest BCUT2D eigenvalue weighted by Gasteiger charge is 2.15. The van der Waals surface area contributed by atoms with Crippen LogP contribution in [0, 0.1) is 0 Å². The molecule has 0 atom stereocenters. The van der Waals surface area contributed by atoms with Crippen LogP contribution in [-0.2, 0) is 0 Å². The second-order valence-corrected chi connectivity index (χ2v) is 11.5. The zero-order chi connectivity index (χ0) is 32.2. The molecule has 0 fully saturated rings. The van der Waals surface area contributed by atoms with E-state index in [0.29, 0.717) is 6.42 Å². The lowest BCUT2D eigenvalue weighted by atomic mass is 9.96. The Labute approximate surface area is 276 Å². The number of fused-ring (bicyclic) bond motifs is 3. The van der Waals surface area contributed by atoms with Crippen molar-refractivity contribution in [2.45, 2.75) is 26.7 Å². The summed E-state index contributed by atoms with van der Waals surface area (Å²) in [6.07, 6.45) is 4.68. The minimum absolute atomic E-state index is 0.0480. The molecule has 1 aromatic heterocycles. The van der Waals surface area contributed by atoms with Gasteiger partial charge in [-0.2, -0.15) is 0 Å². The monoisotopic (exact) mass is 612 g/mol. The lowest BCUT2D eigenvalue weighted by Crippen LogP contribution is -2.09. The number of hydrogen-bond acceptors (Lipinski definition) is 1. The third-order valence-electron chi connectivity index (χ3n) is 8.77. The molecule has 1 aliphatic rings. The molecular weight excluding hydrogens is 575 g/mol. The first-order valence-corrected chi connectivity index (χ1v) is 16.4. The maximum Gasteiger partial charge on any atom is 0.100 e. The van der Waals surface area contributed by atoms with E-state index in [1.165, 1.54) is 38.5 Å². The summed E-state index contributed by atoms with van der Waals surface area (Å²) < 4.78 is 15.9. The molecule has 0 saturated carbocycles. The Morgan fingerprint density at radius 1 is 0.468 bits per heavy atom. The minimum atomic E-state index is -0.0480. The predicted octanol–water partition coefficient (Wildman–Crippen LogP) is 13.0. The van der Waals surface area contributed by atoms with Gasteiger partial charge in [0, 0.05) is 39.9 Å². The van der Waals surface area contributed by atoms with E-state index in [-0.39, 0.29) is 5.83 Å². The van der Waals surface area contributed by atoms with Crippen molar-refractivity contribution in [3.05, 3.63) is 175 Å². The zero-order valence-corrected chi connectivity index (χ0v) is 26.8. The third-order valence-corrected chi connectivity index (χ3v) is 8.77. The topological polar surface area (TPSA) is 8.17 Å². The first kappa shape index (κ1) is 30.0. The zero-order valence-electron chi connectivity index (χ0n) is 26.8. The van der Waals surface area contributed by atoms with Gasteiger partial charge < -0.3 is 9.47 Å². The fraction of sp³-hybridized carbons (Fsp3) is 0.0909. The quantitative estimate of drug-likeness (QED) is 0.181. The molecule has 0 aliphatic heterocycles. The van der Waals surface area contributed by atoms with Gasteiger partial charge in [-0.15, -0.1) is 0 Å². The van der Waals surface area contributed by atoms with Crippen LogP contribution < -0.4 is 4.90 Å². The van der Waals surface area contributed by atoms with Crippen molar-refractivity contribution in [3.8, 4) is 16.8 Å². The third kappa shape index (κ3) is 5.89.